The molecule has 1 aromatic heterocycles. The highest BCUT2D eigenvalue weighted by Crippen LogP contribution is 2.46. The summed E-state index contributed by atoms with van der Waals surface area (Å²) in [5.74, 6) is 0.415. The molecule has 0 radical (unpaired) electrons. The molecule has 118 valence electrons. The number of carbonyl (C=O) groups is 1. The first-order valence-corrected chi connectivity index (χ1v) is 8.47. The molecule has 0 saturated heterocycles. The lowest BCUT2D eigenvalue weighted by Crippen LogP contribution is -2.24. The van der Waals surface area contributed by atoms with Gasteiger partial charge >= 0.3 is 0 Å². The molecular weight excluding hydrogens is 306 g/mol. The Labute approximate surface area is 140 Å². The summed E-state index contributed by atoms with van der Waals surface area (Å²) in [6.07, 6.45) is 5.13. The van der Waals surface area contributed by atoms with Crippen LogP contribution in [0, 0.1) is 0 Å². The van der Waals surface area contributed by atoms with Crippen molar-refractivity contribution in [3.05, 3.63) is 60.1 Å². The number of hydrogen-bond donors (Lipinski definition) is 0. The van der Waals surface area contributed by atoms with Gasteiger partial charge in [-0.1, -0.05) is 43.8 Å². The second kappa shape index (κ2) is 6.16. The van der Waals surface area contributed by atoms with Gasteiger partial charge in [0.1, 0.15) is 0 Å². The second-order valence-electron chi connectivity index (χ2n) is 6.02. The topological polar surface area (TPSA) is 46.1 Å². The summed E-state index contributed by atoms with van der Waals surface area (Å²) in [6.45, 7) is 4.31. The number of carbonyl (C=O) groups excluding carboxylic acids is 1. The number of nitrogens with zero attached hydrogens (tertiary/aromatic N) is 3. The fourth-order valence-electron chi connectivity index (χ4n) is 2.95. The monoisotopic (exact) mass is 325 g/mol. The number of aromatic nitrogens is 2. The largest absolute Gasteiger partial charge is 0.347 e. The molecular formula is C18H19N3OS. The molecule has 1 aliphatic rings. The van der Waals surface area contributed by atoms with Crippen molar-refractivity contribution in [1.82, 2.24) is 9.97 Å². The van der Waals surface area contributed by atoms with Crippen LogP contribution in [0.25, 0.3) is 0 Å². The molecule has 2 aromatic rings. The molecule has 0 atom stereocenters. The van der Waals surface area contributed by atoms with Gasteiger partial charge in [-0.05, 0) is 17.7 Å². The van der Waals surface area contributed by atoms with E-state index in [9.17, 15) is 4.79 Å². The van der Waals surface area contributed by atoms with Crippen LogP contribution in [0.4, 0.5) is 5.69 Å². The Balaban J connectivity index is 1.78. The third kappa shape index (κ3) is 3.01. The van der Waals surface area contributed by atoms with Crippen LogP contribution in [0.15, 0.2) is 59.7 Å². The van der Waals surface area contributed by atoms with E-state index in [1.54, 1.807) is 24.5 Å². The van der Waals surface area contributed by atoms with Crippen LogP contribution in [-0.4, -0.2) is 28.6 Å². The zero-order chi connectivity index (χ0) is 16.4. The fraction of sp³-hybridized carbons (Fsp3) is 0.278. The zero-order valence-corrected chi connectivity index (χ0v) is 14.3. The van der Waals surface area contributed by atoms with Crippen molar-refractivity contribution in [1.29, 1.82) is 0 Å². The first-order chi connectivity index (χ1) is 11.0. The van der Waals surface area contributed by atoms with Crippen molar-refractivity contribution < 1.29 is 4.79 Å². The van der Waals surface area contributed by atoms with Gasteiger partial charge in [-0.2, -0.15) is 0 Å². The van der Waals surface area contributed by atoms with Crippen LogP contribution in [0.1, 0.15) is 19.4 Å². The molecule has 1 aromatic carbocycles. The van der Waals surface area contributed by atoms with Gasteiger partial charge in [0, 0.05) is 42.3 Å². The minimum absolute atomic E-state index is 0.0742. The summed E-state index contributed by atoms with van der Waals surface area (Å²) in [6, 6.07) is 10.1. The van der Waals surface area contributed by atoms with Gasteiger partial charge in [-0.3, -0.25) is 4.79 Å². The van der Waals surface area contributed by atoms with E-state index in [0.717, 1.165) is 11.4 Å². The third-order valence-corrected chi connectivity index (χ3v) is 5.02. The van der Waals surface area contributed by atoms with Crippen molar-refractivity contribution in [3.63, 3.8) is 0 Å². The highest BCUT2D eigenvalue weighted by molar-refractivity contribution is 7.99. The molecule has 0 N–H and O–H groups in total. The number of ketones is 1. The molecule has 23 heavy (non-hydrogen) atoms. The minimum atomic E-state index is -0.172. The Bertz CT molecular complexity index is 756. The Morgan fingerprint density at radius 2 is 1.91 bits per heavy atom. The van der Waals surface area contributed by atoms with Crippen molar-refractivity contribution in [3.8, 4) is 0 Å². The number of thioether (sulfide) groups is 1. The molecule has 0 amide bonds. The van der Waals surface area contributed by atoms with Crippen LogP contribution in [0.2, 0.25) is 0 Å². The molecule has 0 aliphatic carbocycles. The van der Waals surface area contributed by atoms with Gasteiger partial charge in [-0.25, -0.2) is 9.97 Å². The molecule has 0 fully saturated rings. The van der Waals surface area contributed by atoms with E-state index >= 15 is 0 Å². The highest BCUT2D eigenvalue weighted by Gasteiger charge is 2.38. The maximum absolute atomic E-state index is 12.4. The second-order valence-corrected chi connectivity index (χ2v) is 6.96. The first-order valence-electron chi connectivity index (χ1n) is 7.48. The minimum Gasteiger partial charge on any atom is -0.347 e. The van der Waals surface area contributed by atoms with E-state index in [4.69, 9.17) is 0 Å². The number of para-hydroxylation sites is 1. The van der Waals surface area contributed by atoms with Crippen molar-refractivity contribution in [2.75, 3.05) is 17.7 Å². The van der Waals surface area contributed by atoms with E-state index < -0.39 is 0 Å². The van der Waals surface area contributed by atoms with Gasteiger partial charge < -0.3 is 4.90 Å². The van der Waals surface area contributed by atoms with E-state index in [0.29, 0.717) is 10.9 Å². The Hall–Kier alpha value is -2.14. The molecule has 5 heteroatoms. The smallest absolute Gasteiger partial charge is 0.187 e. The van der Waals surface area contributed by atoms with Gasteiger partial charge in [0.15, 0.2) is 10.9 Å². The third-order valence-electron chi connectivity index (χ3n) is 4.12. The quantitative estimate of drug-likeness (QED) is 0.489. The number of hydrogen-bond acceptors (Lipinski definition) is 5. The van der Waals surface area contributed by atoms with E-state index in [1.165, 1.54) is 17.3 Å². The molecule has 3 rings (SSSR count). The first kappa shape index (κ1) is 15.7. The molecule has 1 aliphatic heterocycles. The van der Waals surface area contributed by atoms with Crippen molar-refractivity contribution >= 4 is 23.2 Å². The van der Waals surface area contributed by atoms with E-state index in [1.807, 2.05) is 19.2 Å². The summed E-state index contributed by atoms with van der Waals surface area (Å²) >= 11 is 1.36. The van der Waals surface area contributed by atoms with Crippen LogP contribution in [-0.2, 0) is 10.2 Å². The van der Waals surface area contributed by atoms with Crippen molar-refractivity contribution in [2.45, 2.75) is 24.4 Å². The number of fused-ring (bicyclic) bond motifs is 1. The summed E-state index contributed by atoms with van der Waals surface area (Å²) in [4.78, 5) is 22.7. The molecule has 0 unspecified atom stereocenters. The number of benzene rings is 1. The molecule has 0 spiro atoms. The van der Waals surface area contributed by atoms with Crippen LogP contribution in [0.5, 0.6) is 0 Å². The van der Waals surface area contributed by atoms with Crippen molar-refractivity contribution in [2.24, 2.45) is 0 Å². The summed E-state index contributed by atoms with van der Waals surface area (Å²) in [5.41, 5.74) is 3.27. The van der Waals surface area contributed by atoms with Gasteiger partial charge in [0.2, 0.25) is 0 Å². The molecule has 0 saturated carbocycles. The Morgan fingerprint density at radius 3 is 2.61 bits per heavy atom. The normalized spacial score (nSPS) is 17.3. The summed E-state index contributed by atoms with van der Waals surface area (Å²) < 4.78 is 0. The number of rotatable bonds is 4. The SMILES string of the molecule is CN1/C(=C\C(=O)CSc2ncccn2)C(C)(C)c2ccccc21. The number of anilines is 1. The fourth-order valence-corrected chi connectivity index (χ4v) is 3.57. The predicted molar refractivity (Wildman–Crippen MR) is 93.7 cm³/mol. The van der Waals surface area contributed by atoms with Gasteiger partial charge in [0.05, 0.1) is 5.75 Å². The average Bonchev–Trinajstić information content (AvgIpc) is 2.75. The predicted octanol–water partition coefficient (Wildman–Crippen LogP) is 3.45. The van der Waals surface area contributed by atoms with Crippen LogP contribution < -0.4 is 4.90 Å². The molecule has 4 nitrogen and oxygen atoms in total. The summed E-state index contributed by atoms with van der Waals surface area (Å²) in [5, 5.41) is 0.626. The van der Waals surface area contributed by atoms with E-state index in [-0.39, 0.29) is 11.2 Å². The lowest BCUT2D eigenvalue weighted by molar-refractivity contribution is -0.112. The average molecular weight is 325 g/mol. The summed E-state index contributed by atoms with van der Waals surface area (Å²) in [7, 11) is 2.01. The lowest BCUT2D eigenvalue weighted by atomic mass is 9.83. The Kier molecular flexibility index (Phi) is 4.22. The van der Waals surface area contributed by atoms with E-state index in [2.05, 4.69) is 40.8 Å². The Morgan fingerprint density at radius 1 is 1.22 bits per heavy atom. The molecule has 0 bridgehead atoms. The van der Waals surface area contributed by atoms with Crippen LogP contribution in [0.3, 0.4) is 0 Å². The number of allylic oxidation sites excluding steroid dienone is 2. The maximum atomic E-state index is 12.4. The lowest BCUT2D eigenvalue weighted by Gasteiger charge is -2.23. The molecule has 2 heterocycles. The standard InChI is InChI=1S/C18H19N3OS/c1-18(2)14-7-4-5-8-15(14)21(3)16(18)11-13(22)12-23-17-19-9-6-10-20-17/h4-11H,12H2,1-3H3/b16-11-. The van der Waals surface area contributed by atoms with Crippen LogP contribution >= 0.6 is 11.8 Å². The maximum Gasteiger partial charge on any atom is 0.187 e. The van der Waals surface area contributed by atoms with Gasteiger partial charge in [-0.15, -0.1) is 0 Å². The highest BCUT2D eigenvalue weighted by atomic mass is 32.2. The zero-order valence-electron chi connectivity index (χ0n) is 13.5. The van der Waals surface area contributed by atoms with Gasteiger partial charge in [0.25, 0.3) is 0 Å². The number of likely N-dealkylation sites (N-methyl/N-ethyl adjacent to an activating group) is 1.